The van der Waals surface area contributed by atoms with Crippen LogP contribution in [0.3, 0.4) is 0 Å². The summed E-state index contributed by atoms with van der Waals surface area (Å²) in [6, 6.07) is 0. The summed E-state index contributed by atoms with van der Waals surface area (Å²) < 4.78 is 3.31. The van der Waals surface area contributed by atoms with Gasteiger partial charge in [-0.3, -0.25) is 0 Å². The quantitative estimate of drug-likeness (QED) is 0.0341. The minimum absolute atomic E-state index is 0.0736. The van der Waals surface area contributed by atoms with Crippen LogP contribution in [0.25, 0.3) is 0 Å². The van der Waals surface area contributed by atoms with E-state index in [9.17, 15) is 9.90 Å². The Kier molecular flexibility index (Phi) is 41.8. The average Bonchev–Trinajstić information content (AvgIpc) is 2.95. The minimum atomic E-state index is -0.906. The predicted octanol–water partition coefficient (Wildman–Crippen LogP) is 11.6. The summed E-state index contributed by atoms with van der Waals surface area (Å²) in [5.74, 6) is -0.580. The summed E-state index contributed by atoms with van der Waals surface area (Å²) >= 11 is 4.18. The van der Waals surface area contributed by atoms with Crippen molar-refractivity contribution in [2.75, 3.05) is 5.75 Å². The third-order valence-corrected chi connectivity index (χ3v) is 12.1. The van der Waals surface area contributed by atoms with Crippen LogP contribution >= 0.6 is 12.6 Å². The third kappa shape index (κ3) is 38.4. The van der Waals surface area contributed by atoms with Gasteiger partial charge in [0.2, 0.25) is 0 Å². The fourth-order valence-corrected chi connectivity index (χ4v) is 8.89. The van der Waals surface area contributed by atoms with E-state index in [1.807, 2.05) is 0 Å². The molecule has 237 valence electrons. The van der Waals surface area contributed by atoms with Crippen LogP contribution in [0.2, 0.25) is 8.87 Å². The molecule has 1 atom stereocenters. The van der Waals surface area contributed by atoms with Gasteiger partial charge in [0.05, 0.1) is 0 Å². The van der Waals surface area contributed by atoms with Crippen molar-refractivity contribution in [1.82, 2.24) is 0 Å². The molecule has 0 spiro atoms. The molecular weight excluding hydrogens is 615 g/mol. The molecule has 2 nitrogen and oxygen atoms in total. The van der Waals surface area contributed by atoms with Crippen molar-refractivity contribution < 1.29 is 9.90 Å². The molecule has 0 saturated heterocycles. The number of rotatable bonds is 31. The first-order valence-electron chi connectivity index (χ1n) is 17.8. The number of aliphatic carboxylic acids is 1. The van der Waals surface area contributed by atoms with Crippen LogP contribution in [0.5, 0.6) is 0 Å². The molecular formula is C36H71O2SSn. The number of unbranched alkanes of at least 4 members (excludes halogenated alkanes) is 20. The summed E-state index contributed by atoms with van der Waals surface area (Å²) in [5.41, 5.74) is 0. The van der Waals surface area contributed by atoms with Crippen molar-refractivity contribution >= 4 is 39.7 Å². The van der Waals surface area contributed by atoms with E-state index in [1.165, 1.54) is 122 Å². The molecule has 0 rings (SSSR count). The van der Waals surface area contributed by atoms with Crippen molar-refractivity contribution in [3.8, 4) is 0 Å². The van der Waals surface area contributed by atoms with Crippen molar-refractivity contribution in [2.45, 2.75) is 197 Å². The van der Waals surface area contributed by atoms with Gasteiger partial charge >= 0.3 is 121 Å². The predicted molar refractivity (Wildman–Crippen MR) is 184 cm³/mol. The second-order valence-corrected chi connectivity index (χ2v) is 16.6. The zero-order chi connectivity index (χ0) is 29.8. The van der Waals surface area contributed by atoms with Gasteiger partial charge in [0, 0.05) is 5.97 Å². The first-order chi connectivity index (χ1) is 19.6. The summed E-state index contributed by atoms with van der Waals surface area (Å²) in [4.78, 5) is 10.9. The molecule has 0 aromatic heterocycles. The van der Waals surface area contributed by atoms with Gasteiger partial charge in [0.15, 0.2) is 0 Å². The van der Waals surface area contributed by atoms with Crippen LogP contribution in [-0.4, -0.2) is 32.9 Å². The van der Waals surface area contributed by atoms with Gasteiger partial charge in [0.25, 0.3) is 0 Å². The van der Waals surface area contributed by atoms with Crippen molar-refractivity contribution in [3.63, 3.8) is 0 Å². The fraction of sp³-hybridized carbons (Fsp3) is 0.917. The summed E-state index contributed by atoms with van der Waals surface area (Å²) in [5, 5.41) is 10.9. The normalized spacial score (nSPS) is 11.9. The molecule has 0 N–H and O–H groups in total. The number of thiol groups is 1. The number of carboxylic acids is 1. The zero-order valence-electron chi connectivity index (χ0n) is 27.5. The molecule has 0 aromatic rings. The van der Waals surface area contributed by atoms with E-state index in [-0.39, 0.29) is 27.1 Å². The zero-order valence-corrected chi connectivity index (χ0v) is 31.3. The fourth-order valence-electron chi connectivity index (χ4n) is 5.01. The van der Waals surface area contributed by atoms with Gasteiger partial charge in [-0.15, -0.1) is 0 Å². The number of hydrogen-bond donors (Lipinski definition) is 1. The Labute approximate surface area is 268 Å². The number of hydrogen-bond acceptors (Lipinski definition) is 3. The summed E-state index contributed by atoms with van der Waals surface area (Å²) in [6.07, 6.45) is 39.0. The molecule has 4 heteroatoms. The molecule has 0 bridgehead atoms. The Bertz CT molecular complexity index is 483. The van der Waals surface area contributed by atoms with Crippen LogP contribution in [0, 0.1) is 5.92 Å². The van der Waals surface area contributed by atoms with E-state index in [0.717, 1.165) is 25.7 Å². The molecule has 1 radical (unpaired) electrons. The second kappa shape index (κ2) is 39.4. The Balaban J connectivity index is 0. The first kappa shape index (κ1) is 42.5. The van der Waals surface area contributed by atoms with Crippen LogP contribution < -0.4 is 5.11 Å². The molecule has 0 aliphatic rings. The molecule has 0 aliphatic heterocycles. The van der Waals surface area contributed by atoms with E-state index >= 15 is 0 Å². The Morgan fingerprint density at radius 1 is 0.575 bits per heavy atom. The van der Waals surface area contributed by atoms with Crippen molar-refractivity contribution in [1.29, 1.82) is 0 Å². The molecule has 0 aromatic carbocycles. The second-order valence-electron chi connectivity index (χ2n) is 11.8. The first-order valence-corrected chi connectivity index (χ1v) is 22.5. The number of carbonyl (C=O) groups is 1. The van der Waals surface area contributed by atoms with Gasteiger partial charge in [-0.1, -0.05) is 70.4 Å². The van der Waals surface area contributed by atoms with Crippen LogP contribution in [-0.2, 0) is 4.79 Å². The molecule has 1 unspecified atom stereocenters. The van der Waals surface area contributed by atoms with Crippen molar-refractivity contribution in [3.05, 3.63) is 12.2 Å². The summed E-state index contributed by atoms with van der Waals surface area (Å²) in [7, 11) is 0. The Morgan fingerprint density at radius 3 is 1.35 bits per heavy atom. The van der Waals surface area contributed by atoms with Gasteiger partial charge in [0.1, 0.15) is 0 Å². The monoisotopic (exact) mass is 687 g/mol. The Morgan fingerprint density at radius 2 is 0.950 bits per heavy atom. The number of carboxylic acid groups (broad SMARTS) is 1. The van der Waals surface area contributed by atoms with Gasteiger partial charge < -0.3 is 9.90 Å². The maximum atomic E-state index is 10.9. The molecule has 0 fully saturated rings. The third-order valence-electron chi connectivity index (χ3n) is 7.79. The SMILES string of the molecule is CCCCCCCCC=CCCCCCCC(CCS)C(=O)[O-].CCCCCCC[CH2][Sn+][CH2]CCCCCCC. The van der Waals surface area contributed by atoms with Crippen molar-refractivity contribution in [2.24, 2.45) is 5.92 Å². The van der Waals surface area contributed by atoms with E-state index in [1.54, 1.807) is 21.7 Å². The van der Waals surface area contributed by atoms with E-state index in [2.05, 4.69) is 45.6 Å². The number of carbonyl (C=O) groups excluding carboxylic acids is 1. The molecule has 0 aliphatic carbocycles. The molecule has 0 saturated carbocycles. The standard InChI is InChI=1S/C20H38O2S.2C8H17.Sn/c1-2-3-4-5-6-7-8-9-10-11-12-13-14-15-16-19(17-18-23)20(21)22;2*1-3-5-7-8-6-4-2;/h9-10,19,23H,2-8,11-18H2,1H3,(H,21,22);2*1,3-8H2,2H3;/q;;;+1/p-1. The molecule has 0 heterocycles. The summed E-state index contributed by atoms with van der Waals surface area (Å²) in [6.45, 7) is 6.86. The van der Waals surface area contributed by atoms with Gasteiger partial charge in [-0.25, -0.2) is 0 Å². The van der Waals surface area contributed by atoms with E-state index in [4.69, 9.17) is 0 Å². The van der Waals surface area contributed by atoms with E-state index in [0.29, 0.717) is 12.2 Å². The van der Waals surface area contributed by atoms with E-state index < -0.39 is 5.97 Å². The Hall–Kier alpha value is 0.359. The van der Waals surface area contributed by atoms with Crippen LogP contribution in [0.15, 0.2) is 12.2 Å². The van der Waals surface area contributed by atoms with Crippen LogP contribution in [0.4, 0.5) is 0 Å². The average molecular weight is 687 g/mol. The number of allylic oxidation sites excluding steroid dienone is 2. The van der Waals surface area contributed by atoms with Gasteiger partial charge in [-0.2, -0.15) is 12.6 Å². The topological polar surface area (TPSA) is 40.1 Å². The maximum absolute atomic E-state index is 10.9. The molecule has 0 amide bonds. The van der Waals surface area contributed by atoms with Gasteiger partial charge in [-0.05, 0) is 50.2 Å². The van der Waals surface area contributed by atoms with Crippen LogP contribution in [0.1, 0.15) is 188 Å². The molecule has 40 heavy (non-hydrogen) atoms.